The number of nitrogens with one attached hydrogen (secondary N) is 1. The van der Waals surface area contributed by atoms with Crippen LogP contribution in [0.5, 0.6) is 0 Å². The summed E-state index contributed by atoms with van der Waals surface area (Å²) in [7, 11) is 0. The van der Waals surface area contributed by atoms with Crippen LogP contribution >= 0.6 is 0 Å². The van der Waals surface area contributed by atoms with E-state index in [9.17, 15) is 9.59 Å². The molecule has 2 aliphatic rings. The average molecular weight is 311 g/mol. The number of carbonyl (C=O) groups is 2. The molecule has 5 heteroatoms. The zero-order valence-corrected chi connectivity index (χ0v) is 13.3. The molecule has 2 fully saturated rings. The predicted octanol–water partition coefficient (Wildman–Crippen LogP) is 2.39. The Hall–Kier alpha value is -2.30. The lowest BCUT2D eigenvalue weighted by atomic mass is 9.96. The molecule has 1 aromatic heterocycles. The fraction of sp³-hybridized carbons (Fsp3) is 0.444. The summed E-state index contributed by atoms with van der Waals surface area (Å²) in [5.74, 6) is 0.322. The standard InChI is InChI=1S/C18H21N3O2/c1-2-20-16-8-10-21(15(16)5-6-17(20)22)18(23)13-3-4-14-12(11-13)7-9-19-14/h3-4,7,9,11,15-16,19H,2,5-6,8,10H2,1H3. The normalized spacial score (nSPS) is 24.3. The van der Waals surface area contributed by atoms with E-state index in [1.165, 1.54) is 0 Å². The molecule has 23 heavy (non-hydrogen) atoms. The fourth-order valence-corrected chi connectivity index (χ4v) is 4.16. The minimum Gasteiger partial charge on any atom is -0.361 e. The van der Waals surface area contributed by atoms with Crippen molar-refractivity contribution in [1.29, 1.82) is 0 Å². The molecule has 4 rings (SSSR count). The number of carbonyl (C=O) groups excluding carboxylic acids is 2. The quantitative estimate of drug-likeness (QED) is 0.926. The van der Waals surface area contributed by atoms with Crippen LogP contribution < -0.4 is 0 Å². The van der Waals surface area contributed by atoms with Crippen LogP contribution in [-0.2, 0) is 4.79 Å². The van der Waals surface area contributed by atoms with Gasteiger partial charge in [-0.1, -0.05) is 0 Å². The summed E-state index contributed by atoms with van der Waals surface area (Å²) < 4.78 is 0. The average Bonchev–Trinajstić information content (AvgIpc) is 3.19. The molecule has 0 saturated carbocycles. The third-order valence-electron chi connectivity index (χ3n) is 5.29. The number of hydrogen-bond acceptors (Lipinski definition) is 2. The molecule has 0 radical (unpaired) electrons. The molecule has 120 valence electrons. The second kappa shape index (κ2) is 5.41. The summed E-state index contributed by atoms with van der Waals surface area (Å²) in [6, 6.07) is 8.14. The van der Waals surface area contributed by atoms with E-state index in [0.29, 0.717) is 6.42 Å². The zero-order chi connectivity index (χ0) is 16.0. The molecule has 1 aromatic carbocycles. The maximum absolute atomic E-state index is 13.0. The van der Waals surface area contributed by atoms with Gasteiger partial charge in [0.05, 0.1) is 12.1 Å². The maximum atomic E-state index is 13.0. The van der Waals surface area contributed by atoms with E-state index in [-0.39, 0.29) is 23.9 Å². The van der Waals surface area contributed by atoms with E-state index in [4.69, 9.17) is 0 Å². The minimum absolute atomic E-state index is 0.0889. The molecular formula is C18H21N3O2. The van der Waals surface area contributed by atoms with Crippen molar-refractivity contribution in [2.45, 2.75) is 38.3 Å². The second-order valence-corrected chi connectivity index (χ2v) is 6.42. The molecule has 1 N–H and O–H groups in total. The van der Waals surface area contributed by atoms with Crippen LogP contribution in [0.25, 0.3) is 10.9 Å². The molecular weight excluding hydrogens is 290 g/mol. The van der Waals surface area contributed by atoms with Crippen LogP contribution in [0.3, 0.4) is 0 Å². The first-order valence-corrected chi connectivity index (χ1v) is 8.36. The van der Waals surface area contributed by atoms with E-state index in [0.717, 1.165) is 42.4 Å². The first kappa shape index (κ1) is 14.3. The summed E-state index contributed by atoms with van der Waals surface area (Å²) >= 11 is 0. The number of hydrogen-bond donors (Lipinski definition) is 1. The number of rotatable bonds is 2. The predicted molar refractivity (Wildman–Crippen MR) is 88.1 cm³/mol. The number of fused-ring (bicyclic) bond motifs is 2. The Morgan fingerprint density at radius 2 is 2.13 bits per heavy atom. The number of H-pyrrole nitrogens is 1. The Balaban J connectivity index is 1.60. The van der Waals surface area contributed by atoms with Gasteiger partial charge >= 0.3 is 0 Å². The molecule has 2 amide bonds. The van der Waals surface area contributed by atoms with Gasteiger partial charge in [-0.05, 0) is 44.0 Å². The highest BCUT2D eigenvalue weighted by Gasteiger charge is 2.44. The topological polar surface area (TPSA) is 56.4 Å². The highest BCUT2D eigenvalue weighted by Crippen LogP contribution is 2.32. The number of aromatic amines is 1. The molecule has 0 spiro atoms. The van der Waals surface area contributed by atoms with Crippen LogP contribution in [0.2, 0.25) is 0 Å². The van der Waals surface area contributed by atoms with Gasteiger partial charge in [-0.15, -0.1) is 0 Å². The van der Waals surface area contributed by atoms with Gasteiger partial charge in [0.2, 0.25) is 5.91 Å². The number of amides is 2. The molecule has 0 aliphatic carbocycles. The second-order valence-electron chi connectivity index (χ2n) is 6.42. The molecule has 2 aliphatic heterocycles. The van der Waals surface area contributed by atoms with Crippen molar-refractivity contribution in [3.8, 4) is 0 Å². The van der Waals surface area contributed by atoms with Gasteiger partial charge in [0, 0.05) is 42.2 Å². The monoisotopic (exact) mass is 311 g/mol. The van der Waals surface area contributed by atoms with Crippen LogP contribution in [-0.4, -0.2) is 51.8 Å². The summed E-state index contributed by atoms with van der Waals surface area (Å²) in [5, 5.41) is 1.06. The Labute approximate surface area is 135 Å². The molecule has 3 heterocycles. The molecule has 2 atom stereocenters. The van der Waals surface area contributed by atoms with Crippen LogP contribution in [0.15, 0.2) is 30.5 Å². The number of aromatic nitrogens is 1. The number of piperidine rings is 1. The summed E-state index contributed by atoms with van der Waals surface area (Å²) in [6.07, 6.45) is 4.12. The van der Waals surface area contributed by atoms with Gasteiger partial charge in [0.25, 0.3) is 5.91 Å². The summed E-state index contributed by atoms with van der Waals surface area (Å²) in [6.45, 7) is 3.49. The van der Waals surface area contributed by atoms with Crippen molar-refractivity contribution in [1.82, 2.24) is 14.8 Å². The van der Waals surface area contributed by atoms with E-state index in [1.54, 1.807) is 0 Å². The van der Waals surface area contributed by atoms with E-state index in [2.05, 4.69) is 4.98 Å². The lowest BCUT2D eigenvalue weighted by Gasteiger charge is -2.39. The number of likely N-dealkylation sites (N-methyl/N-ethyl adjacent to an activating group) is 1. The van der Waals surface area contributed by atoms with Gasteiger partial charge in [-0.2, -0.15) is 0 Å². The van der Waals surface area contributed by atoms with Gasteiger partial charge < -0.3 is 14.8 Å². The first-order valence-electron chi connectivity index (χ1n) is 8.36. The minimum atomic E-state index is 0.0889. The van der Waals surface area contributed by atoms with E-state index >= 15 is 0 Å². The van der Waals surface area contributed by atoms with E-state index < -0.39 is 0 Å². The van der Waals surface area contributed by atoms with Crippen molar-refractivity contribution in [3.63, 3.8) is 0 Å². The Morgan fingerprint density at radius 1 is 1.26 bits per heavy atom. The number of nitrogens with zero attached hydrogens (tertiary/aromatic N) is 2. The Kier molecular flexibility index (Phi) is 3.36. The van der Waals surface area contributed by atoms with Crippen molar-refractivity contribution in [2.75, 3.05) is 13.1 Å². The van der Waals surface area contributed by atoms with Crippen LogP contribution in [0, 0.1) is 0 Å². The molecule has 2 saturated heterocycles. The molecule has 5 nitrogen and oxygen atoms in total. The van der Waals surface area contributed by atoms with Crippen molar-refractivity contribution in [3.05, 3.63) is 36.0 Å². The molecule has 0 bridgehead atoms. The molecule has 2 aromatic rings. The van der Waals surface area contributed by atoms with Crippen molar-refractivity contribution in [2.24, 2.45) is 0 Å². The van der Waals surface area contributed by atoms with Gasteiger partial charge in [0.1, 0.15) is 0 Å². The SMILES string of the molecule is CCN1C(=O)CCC2C1CCN2C(=O)c1ccc2[nH]ccc2c1. The number of likely N-dealkylation sites (tertiary alicyclic amines) is 2. The largest absolute Gasteiger partial charge is 0.361 e. The van der Waals surface area contributed by atoms with Crippen LogP contribution in [0.4, 0.5) is 0 Å². The fourth-order valence-electron chi connectivity index (χ4n) is 4.16. The molecule has 2 unspecified atom stereocenters. The Bertz CT molecular complexity index is 766. The van der Waals surface area contributed by atoms with Crippen molar-refractivity contribution >= 4 is 22.7 Å². The zero-order valence-electron chi connectivity index (χ0n) is 13.3. The van der Waals surface area contributed by atoms with Gasteiger partial charge in [-0.25, -0.2) is 0 Å². The van der Waals surface area contributed by atoms with Crippen molar-refractivity contribution < 1.29 is 9.59 Å². The van der Waals surface area contributed by atoms with E-state index in [1.807, 2.05) is 47.2 Å². The third-order valence-corrected chi connectivity index (χ3v) is 5.29. The smallest absolute Gasteiger partial charge is 0.254 e. The lowest BCUT2D eigenvalue weighted by Crippen LogP contribution is -2.53. The highest BCUT2D eigenvalue weighted by molar-refractivity contribution is 5.98. The van der Waals surface area contributed by atoms with Crippen LogP contribution in [0.1, 0.15) is 36.5 Å². The van der Waals surface area contributed by atoms with Gasteiger partial charge in [-0.3, -0.25) is 9.59 Å². The maximum Gasteiger partial charge on any atom is 0.254 e. The first-order chi connectivity index (χ1) is 11.2. The summed E-state index contributed by atoms with van der Waals surface area (Å²) in [5.41, 5.74) is 1.78. The summed E-state index contributed by atoms with van der Waals surface area (Å²) in [4.78, 5) is 32.1. The Morgan fingerprint density at radius 3 is 2.96 bits per heavy atom. The number of benzene rings is 1. The highest BCUT2D eigenvalue weighted by atomic mass is 16.2. The van der Waals surface area contributed by atoms with Gasteiger partial charge in [0.15, 0.2) is 0 Å². The lowest BCUT2D eigenvalue weighted by molar-refractivity contribution is -0.137. The third kappa shape index (κ3) is 2.22.